The summed E-state index contributed by atoms with van der Waals surface area (Å²) in [6.07, 6.45) is 2.97. The predicted octanol–water partition coefficient (Wildman–Crippen LogP) is 0.794. The number of nitriles is 1. The van der Waals surface area contributed by atoms with Gasteiger partial charge in [0.15, 0.2) is 6.19 Å². The van der Waals surface area contributed by atoms with Gasteiger partial charge in [-0.1, -0.05) is 0 Å². The van der Waals surface area contributed by atoms with E-state index in [0.29, 0.717) is 17.7 Å². The van der Waals surface area contributed by atoms with Gasteiger partial charge in [0.2, 0.25) is 0 Å². The number of hydrogen-bond donors (Lipinski definition) is 2. The maximum Gasteiger partial charge on any atom is 0.182 e. The molecule has 90 valence electrons. The van der Waals surface area contributed by atoms with Gasteiger partial charge in [-0.05, 0) is 26.9 Å². The Labute approximate surface area is 101 Å². The summed E-state index contributed by atoms with van der Waals surface area (Å²) in [6, 6.07) is 2.18. The van der Waals surface area contributed by atoms with Crippen molar-refractivity contribution in [3.8, 4) is 6.19 Å². The second kappa shape index (κ2) is 4.97. The third-order valence-corrected chi connectivity index (χ3v) is 2.77. The first kappa shape index (κ1) is 11.6. The van der Waals surface area contributed by atoms with Gasteiger partial charge in [0.1, 0.15) is 17.5 Å². The monoisotopic (exact) mass is 232 g/mol. The Balaban J connectivity index is 2.07. The van der Waals surface area contributed by atoms with Crippen LogP contribution in [0.15, 0.2) is 6.07 Å². The average molecular weight is 232 g/mol. The molecule has 6 heteroatoms. The Bertz CT molecular complexity index is 438. The van der Waals surface area contributed by atoms with E-state index in [-0.39, 0.29) is 0 Å². The van der Waals surface area contributed by atoms with E-state index in [0.717, 1.165) is 25.3 Å². The molecule has 1 aliphatic rings. The summed E-state index contributed by atoms with van der Waals surface area (Å²) >= 11 is 0. The largest absolute Gasteiger partial charge is 0.366 e. The van der Waals surface area contributed by atoms with Gasteiger partial charge in [-0.15, -0.1) is 0 Å². The van der Waals surface area contributed by atoms with Gasteiger partial charge >= 0.3 is 0 Å². The van der Waals surface area contributed by atoms with Crippen molar-refractivity contribution in [2.45, 2.75) is 19.4 Å². The minimum atomic E-state index is 0.421. The highest BCUT2D eigenvalue weighted by Crippen LogP contribution is 2.15. The number of likely N-dealkylation sites (tertiary alicyclic amines) is 1. The number of nitrogens with one attached hydrogen (secondary N) is 2. The molecule has 1 atom stereocenters. The number of nitrogens with zero attached hydrogens (tertiary/aromatic N) is 4. The van der Waals surface area contributed by atoms with Gasteiger partial charge in [-0.3, -0.25) is 5.32 Å². The predicted molar refractivity (Wildman–Crippen MR) is 65.5 cm³/mol. The lowest BCUT2D eigenvalue weighted by molar-refractivity contribution is 0.414. The summed E-state index contributed by atoms with van der Waals surface area (Å²) in [7, 11) is 2.11. The molecule has 1 aromatic heterocycles. The lowest BCUT2D eigenvalue weighted by atomic mass is 10.2. The van der Waals surface area contributed by atoms with E-state index in [1.807, 2.05) is 13.1 Å². The lowest BCUT2D eigenvalue weighted by Gasteiger charge is -2.14. The molecule has 0 spiro atoms. The molecule has 2 heterocycles. The van der Waals surface area contributed by atoms with E-state index in [1.54, 1.807) is 6.07 Å². The average Bonchev–Trinajstić information content (AvgIpc) is 2.63. The van der Waals surface area contributed by atoms with Crippen LogP contribution in [0.4, 0.5) is 11.6 Å². The minimum absolute atomic E-state index is 0.421. The number of rotatable bonds is 3. The fraction of sp³-hybridized carbons (Fsp3) is 0.545. The highest BCUT2D eigenvalue weighted by molar-refractivity contribution is 5.49. The fourth-order valence-corrected chi connectivity index (χ4v) is 2.02. The Kier molecular flexibility index (Phi) is 3.40. The molecule has 1 aliphatic heterocycles. The van der Waals surface area contributed by atoms with Crippen molar-refractivity contribution < 1.29 is 0 Å². The summed E-state index contributed by atoms with van der Waals surface area (Å²) in [4.78, 5) is 10.7. The third kappa shape index (κ3) is 3.04. The molecule has 1 fully saturated rings. The molecular weight excluding hydrogens is 216 g/mol. The third-order valence-electron chi connectivity index (χ3n) is 2.77. The highest BCUT2D eigenvalue weighted by Gasteiger charge is 2.19. The Morgan fingerprint density at radius 1 is 1.47 bits per heavy atom. The quantitative estimate of drug-likeness (QED) is 0.593. The summed E-state index contributed by atoms with van der Waals surface area (Å²) < 4.78 is 0. The molecular formula is C11H16N6. The van der Waals surface area contributed by atoms with Gasteiger partial charge in [0.25, 0.3) is 0 Å². The van der Waals surface area contributed by atoms with Gasteiger partial charge < -0.3 is 10.2 Å². The zero-order valence-corrected chi connectivity index (χ0v) is 10.1. The topological polar surface area (TPSA) is 76.9 Å². The zero-order chi connectivity index (χ0) is 12.3. The van der Waals surface area contributed by atoms with Crippen LogP contribution in [0.5, 0.6) is 0 Å². The summed E-state index contributed by atoms with van der Waals surface area (Å²) in [6.45, 7) is 3.93. The van der Waals surface area contributed by atoms with Crippen LogP contribution in [-0.4, -0.2) is 41.0 Å². The van der Waals surface area contributed by atoms with Gasteiger partial charge in [-0.25, -0.2) is 9.97 Å². The first-order valence-corrected chi connectivity index (χ1v) is 5.63. The van der Waals surface area contributed by atoms with Crippen LogP contribution in [0.3, 0.4) is 0 Å². The molecule has 0 radical (unpaired) electrons. The number of anilines is 2. The maximum atomic E-state index is 8.57. The van der Waals surface area contributed by atoms with Crippen molar-refractivity contribution in [3.63, 3.8) is 0 Å². The van der Waals surface area contributed by atoms with Crippen LogP contribution in [0.2, 0.25) is 0 Å². The van der Waals surface area contributed by atoms with Crippen LogP contribution in [0.1, 0.15) is 12.2 Å². The standard InChI is InChI=1S/C11H16N6/c1-8-14-10(13-7-12)5-11(15-8)16-9-3-4-17(2)6-9/h5,9H,3-4,6H2,1-2H3,(H2,13,14,15,16). The van der Waals surface area contributed by atoms with Crippen LogP contribution < -0.4 is 10.6 Å². The first-order chi connectivity index (χ1) is 8.17. The molecule has 0 bridgehead atoms. The van der Waals surface area contributed by atoms with Crippen molar-refractivity contribution in [2.75, 3.05) is 30.8 Å². The van der Waals surface area contributed by atoms with E-state index in [4.69, 9.17) is 5.26 Å². The normalized spacial score (nSPS) is 19.9. The lowest BCUT2D eigenvalue weighted by Crippen LogP contribution is -2.24. The van der Waals surface area contributed by atoms with Gasteiger partial charge in [0.05, 0.1) is 0 Å². The maximum absolute atomic E-state index is 8.57. The van der Waals surface area contributed by atoms with Crippen molar-refractivity contribution in [2.24, 2.45) is 0 Å². The molecule has 0 aromatic carbocycles. The first-order valence-electron chi connectivity index (χ1n) is 5.63. The zero-order valence-electron chi connectivity index (χ0n) is 10.1. The molecule has 6 nitrogen and oxygen atoms in total. The second-order valence-corrected chi connectivity index (χ2v) is 4.31. The number of aromatic nitrogens is 2. The van der Waals surface area contributed by atoms with Gasteiger partial charge in [-0.2, -0.15) is 5.26 Å². The molecule has 0 amide bonds. The molecule has 0 aliphatic carbocycles. The summed E-state index contributed by atoms with van der Waals surface area (Å²) in [5.74, 6) is 1.96. The van der Waals surface area contributed by atoms with E-state index in [1.165, 1.54) is 0 Å². The van der Waals surface area contributed by atoms with E-state index < -0.39 is 0 Å². The van der Waals surface area contributed by atoms with Crippen molar-refractivity contribution in [1.82, 2.24) is 14.9 Å². The number of aryl methyl sites for hydroxylation is 1. The van der Waals surface area contributed by atoms with Crippen molar-refractivity contribution >= 4 is 11.6 Å². The van der Waals surface area contributed by atoms with Gasteiger partial charge in [0, 0.05) is 18.7 Å². The van der Waals surface area contributed by atoms with E-state index in [9.17, 15) is 0 Å². The molecule has 2 rings (SSSR count). The minimum Gasteiger partial charge on any atom is -0.366 e. The van der Waals surface area contributed by atoms with E-state index in [2.05, 4.69) is 32.5 Å². The smallest absolute Gasteiger partial charge is 0.182 e. The highest BCUT2D eigenvalue weighted by atomic mass is 15.2. The second-order valence-electron chi connectivity index (χ2n) is 4.31. The number of likely N-dealkylation sites (N-methyl/N-ethyl adjacent to an activating group) is 1. The number of hydrogen-bond acceptors (Lipinski definition) is 6. The molecule has 2 N–H and O–H groups in total. The SMILES string of the molecule is Cc1nc(NC#N)cc(NC2CCN(C)C2)n1. The van der Waals surface area contributed by atoms with Crippen LogP contribution >= 0.6 is 0 Å². The molecule has 17 heavy (non-hydrogen) atoms. The Morgan fingerprint density at radius 2 is 2.24 bits per heavy atom. The van der Waals surface area contributed by atoms with Crippen molar-refractivity contribution in [3.05, 3.63) is 11.9 Å². The van der Waals surface area contributed by atoms with E-state index >= 15 is 0 Å². The van der Waals surface area contributed by atoms with Crippen LogP contribution in [0, 0.1) is 18.4 Å². The fourth-order valence-electron chi connectivity index (χ4n) is 2.02. The van der Waals surface area contributed by atoms with Crippen molar-refractivity contribution in [1.29, 1.82) is 5.26 Å². The molecule has 1 aromatic rings. The molecule has 0 saturated carbocycles. The summed E-state index contributed by atoms with van der Waals surface area (Å²) in [5, 5.41) is 14.5. The van der Waals surface area contributed by atoms with Crippen LogP contribution in [0.25, 0.3) is 0 Å². The Hall–Kier alpha value is -1.87. The van der Waals surface area contributed by atoms with Crippen LogP contribution in [-0.2, 0) is 0 Å². The molecule has 1 saturated heterocycles. The Morgan fingerprint density at radius 3 is 2.88 bits per heavy atom. The summed E-state index contributed by atoms with van der Waals surface area (Å²) in [5.41, 5.74) is 0. The molecule has 1 unspecified atom stereocenters.